The second kappa shape index (κ2) is 7.95. The van der Waals surface area contributed by atoms with Crippen LogP contribution in [0.2, 0.25) is 0 Å². The molecular formula is C18H33N3. The lowest BCUT2D eigenvalue weighted by Crippen LogP contribution is -2.15. The van der Waals surface area contributed by atoms with Gasteiger partial charge in [-0.05, 0) is 43.4 Å². The normalized spacial score (nSPS) is 16.6. The van der Waals surface area contributed by atoms with Crippen molar-refractivity contribution in [1.29, 1.82) is 0 Å². The third-order valence-electron chi connectivity index (χ3n) is 5.14. The summed E-state index contributed by atoms with van der Waals surface area (Å²) in [6.45, 7) is 10.6. The van der Waals surface area contributed by atoms with Gasteiger partial charge in [0.1, 0.15) is 0 Å². The van der Waals surface area contributed by atoms with Gasteiger partial charge < -0.3 is 0 Å². The number of aromatic nitrogens is 3. The van der Waals surface area contributed by atoms with E-state index in [1.807, 2.05) is 0 Å². The average Bonchev–Trinajstić information content (AvgIpc) is 2.67. The number of nitrogens with zero attached hydrogens (tertiary/aromatic N) is 3. The molecule has 0 bridgehead atoms. The van der Waals surface area contributed by atoms with Crippen LogP contribution in [0.3, 0.4) is 0 Å². The van der Waals surface area contributed by atoms with Gasteiger partial charge in [-0.3, -0.25) is 0 Å². The molecule has 0 saturated heterocycles. The van der Waals surface area contributed by atoms with Crippen LogP contribution in [0, 0.1) is 17.8 Å². The predicted molar refractivity (Wildman–Crippen MR) is 88.3 cm³/mol. The van der Waals surface area contributed by atoms with E-state index in [-0.39, 0.29) is 0 Å². The van der Waals surface area contributed by atoms with Crippen LogP contribution in [0.15, 0.2) is 0 Å². The van der Waals surface area contributed by atoms with Crippen molar-refractivity contribution in [3.05, 3.63) is 11.4 Å². The molecule has 0 aliphatic heterocycles. The van der Waals surface area contributed by atoms with Gasteiger partial charge in [-0.2, -0.15) is 0 Å². The molecule has 1 aliphatic carbocycles. The number of unbranched alkanes of at least 4 members (excludes halogenated alkanes) is 1. The summed E-state index contributed by atoms with van der Waals surface area (Å²) >= 11 is 0. The average molecular weight is 291 g/mol. The van der Waals surface area contributed by atoms with Gasteiger partial charge in [0, 0.05) is 6.54 Å². The van der Waals surface area contributed by atoms with E-state index < -0.39 is 0 Å². The molecule has 0 radical (unpaired) electrons. The molecule has 0 spiro atoms. The van der Waals surface area contributed by atoms with Crippen LogP contribution in [0.25, 0.3) is 0 Å². The van der Waals surface area contributed by atoms with Crippen molar-refractivity contribution in [2.24, 2.45) is 17.8 Å². The first-order chi connectivity index (χ1) is 10.1. The van der Waals surface area contributed by atoms with E-state index in [9.17, 15) is 0 Å². The van der Waals surface area contributed by atoms with Gasteiger partial charge in [-0.1, -0.05) is 58.6 Å². The van der Waals surface area contributed by atoms with Crippen LogP contribution in [0.4, 0.5) is 0 Å². The standard InChI is InChI=1S/C18H33N3/c1-5-8-15(4)13-16(14(2)3)9-6-7-12-21-18-11-10-17(18)19-20-21/h14-16H,5-13H2,1-4H3. The molecule has 120 valence electrons. The van der Waals surface area contributed by atoms with E-state index in [1.165, 1.54) is 56.3 Å². The first-order valence-electron chi connectivity index (χ1n) is 9.03. The lowest BCUT2D eigenvalue weighted by molar-refractivity contribution is 0.272. The molecule has 0 aromatic carbocycles. The van der Waals surface area contributed by atoms with Crippen molar-refractivity contribution in [2.45, 2.75) is 85.6 Å². The Balaban J connectivity index is 1.68. The molecule has 0 N–H and O–H groups in total. The SMILES string of the molecule is CCCC(C)CC(CCCCn1nnc2c1CC2)C(C)C. The second-order valence-corrected chi connectivity index (χ2v) is 7.34. The number of hydrogen-bond acceptors (Lipinski definition) is 2. The summed E-state index contributed by atoms with van der Waals surface area (Å²) in [4.78, 5) is 0. The Kier molecular flexibility index (Phi) is 6.25. The van der Waals surface area contributed by atoms with E-state index in [1.54, 1.807) is 0 Å². The smallest absolute Gasteiger partial charge is 0.0863 e. The van der Waals surface area contributed by atoms with Crippen LogP contribution < -0.4 is 0 Å². The predicted octanol–water partition coefficient (Wildman–Crippen LogP) is 4.65. The zero-order valence-electron chi connectivity index (χ0n) is 14.4. The summed E-state index contributed by atoms with van der Waals surface area (Å²) in [5, 5.41) is 8.49. The van der Waals surface area contributed by atoms with Crippen molar-refractivity contribution in [3.63, 3.8) is 0 Å². The van der Waals surface area contributed by atoms with Crippen LogP contribution in [-0.4, -0.2) is 15.0 Å². The molecule has 2 unspecified atom stereocenters. The summed E-state index contributed by atoms with van der Waals surface area (Å²) in [6, 6.07) is 0. The van der Waals surface area contributed by atoms with Gasteiger partial charge in [0.15, 0.2) is 0 Å². The molecule has 0 amide bonds. The monoisotopic (exact) mass is 291 g/mol. The van der Waals surface area contributed by atoms with Crippen molar-refractivity contribution >= 4 is 0 Å². The molecule has 3 heteroatoms. The Morgan fingerprint density at radius 2 is 1.90 bits per heavy atom. The molecule has 1 heterocycles. The highest BCUT2D eigenvalue weighted by atomic mass is 15.4. The van der Waals surface area contributed by atoms with Crippen molar-refractivity contribution in [2.75, 3.05) is 0 Å². The highest BCUT2D eigenvalue weighted by Gasteiger charge is 2.21. The Bertz CT molecular complexity index is 422. The fraction of sp³-hybridized carbons (Fsp3) is 0.889. The topological polar surface area (TPSA) is 30.7 Å². The Morgan fingerprint density at radius 3 is 2.48 bits per heavy atom. The maximum atomic E-state index is 4.27. The fourth-order valence-corrected chi connectivity index (χ4v) is 3.59. The lowest BCUT2D eigenvalue weighted by Gasteiger charge is -2.24. The van der Waals surface area contributed by atoms with Gasteiger partial charge in [0.2, 0.25) is 0 Å². The number of rotatable bonds is 10. The quantitative estimate of drug-likeness (QED) is 0.588. The van der Waals surface area contributed by atoms with E-state index in [0.29, 0.717) is 0 Å². The maximum absolute atomic E-state index is 4.27. The molecule has 1 aromatic rings. The van der Waals surface area contributed by atoms with Crippen LogP contribution in [0.1, 0.15) is 77.6 Å². The molecule has 0 saturated carbocycles. The maximum Gasteiger partial charge on any atom is 0.0863 e. The molecule has 21 heavy (non-hydrogen) atoms. The minimum absolute atomic E-state index is 0.816. The Hall–Kier alpha value is -0.860. The minimum atomic E-state index is 0.816. The van der Waals surface area contributed by atoms with Crippen LogP contribution in [-0.2, 0) is 19.4 Å². The molecule has 3 nitrogen and oxygen atoms in total. The van der Waals surface area contributed by atoms with E-state index >= 15 is 0 Å². The number of aryl methyl sites for hydroxylation is 2. The van der Waals surface area contributed by atoms with Gasteiger partial charge in [0.25, 0.3) is 0 Å². The molecule has 1 aromatic heterocycles. The third-order valence-corrected chi connectivity index (χ3v) is 5.14. The second-order valence-electron chi connectivity index (χ2n) is 7.34. The minimum Gasteiger partial charge on any atom is -0.249 e. The van der Waals surface area contributed by atoms with Gasteiger partial charge in [-0.25, -0.2) is 4.68 Å². The van der Waals surface area contributed by atoms with Crippen molar-refractivity contribution < 1.29 is 0 Å². The highest BCUT2D eigenvalue weighted by molar-refractivity contribution is 5.20. The Morgan fingerprint density at radius 1 is 1.10 bits per heavy atom. The molecule has 2 atom stereocenters. The molecular weight excluding hydrogens is 258 g/mol. The number of fused-ring (bicyclic) bond motifs is 1. The van der Waals surface area contributed by atoms with Crippen molar-refractivity contribution in [1.82, 2.24) is 15.0 Å². The lowest BCUT2D eigenvalue weighted by atomic mass is 9.82. The van der Waals surface area contributed by atoms with E-state index in [4.69, 9.17) is 0 Å². The van der Waals surface area contributed by atoms with Crippen molar-refractivity contribution in [3.8, 4) is 0 Å². The zero-order valence-corrected chi connectivity index (χ0v) is 14.4. The Labute approximate surface area is 130 Å². The van der Waals surface area contributed by atoms with Gasteiger partial charge in [0.05, 0.1) is 11.4 Å². The van der Waals surface area contributed by atoms with E-state index in [0.717, 1.165) is 30.7 Å². The highest BCUT2D eigenvalue weighted by Crippen LogP contribution is 2.28. The molecule has 0 fully saturated rings. The first-order valence-corrected chi connectivity index (χ1v) is 9.03. The zero-order chi connectivity index (χ0) is 15.2. The summed E-state index contributed by atoms with van der Waals surface area (Å²) in [7, 11) is 0. The number of hydrogen-bond donors (Lipinski definition) is 0. The summed E-state index contributed by atoms with van der Waals surface area (Å²) < 4.78 is 2.14. The first kappa shape index (κ1) is 16.5. The van der Waals surface area contributed by atoms with Crippen LogP contribution >= 0.6 is 0 Å². The van der Waals surface area contributed by atoms with Gasteiger partial charge in [-0.15, -0.1) is 5.10 Å². The van der Waals surface area contributed by atoms with Crippen LogP contribution in [0.5, 0.6) is 0 Å². The molecule has 1 aliphatic rings. The third kappa shape index (κ3) is 4.55. The summed E-state index contributed by atoms with van der Waals surface area (Å²) in [5.74, 6) is 2.60. The largest absolute Gasteiger partial charge is 0.249 e. The van der Waals surface area contributed by atoms with Gasteiger partial charge >= 0.3 is 0 Å². The summed E-state index contributed by atoms with van der Waals surface area (Å²) in [6.07, 6.45) is 10.4. The molecule has 2 rings (SSSR count). The van der Waals surface area contributed by atoms with E-state index in [2.05, 4.69) is 42.7 Å². The summed E-state index contributed by atoms with van der Waals surface area (Å²) in [5.41, 5.74) is 2.63. The fourth-order valence-electron chi connectivity index (χ4n) is 3.59.